The molecule has 0 saturated heterocycles. The quantitative estimate of drug-likeness (QED) is 0.243. The first-order valence-corrected chi connectivity index (χ1v) is 8.83. The Kier molecular flexibility index (Phi) is 12.4. The van der Waals surface area contributed by atoms with Crippen LogP contribution in [-0.2, 0) is 9.53 Å². The number of likely N-dealkylation sites (N-methyl/N-ethyl adjacent to an activating group) is 1. The monoisotopic (exact) mass is 454 g/mol. The maximum absolute atomic E-state index is 11.7. The summed E-state index contributed by atoms with van der Waals surface area (Å²) in [4.78, 5) is 17.7. The number of halogens is 1. The second kappa shape index (κ2) is 12.7. The summed E-state index contributed by atoms with van der Waals surface area (Å²) in [5.74, 6) is 0.736. The predicted molar refractivity (Wildman–Crippen MR) is 110 cm³/mol. The normalized spacial score (nSPS) is 16.4. The van der Waals surface area contributed by atoms with Crippen molar-refractivity contribution in [1.29, 1.82) is 0 Å². The molecule has 0 heterocycles. The molecule has 1 saturated carbocycles. The molecule has 1 aliphatic carbocycles. The number of carbonyl (C=O) groups is 1. The molecule has 24 heavy (non-hydrogen) atoms. The molecule has 1 aliphatic rings. The number of carbonyl (C=O) groups excluding carboxylic acids is 1. The third-order valence-corrected chi connectivity index (χ3v) is 4.49. The topological polar surface area (TPSA) is 66.0 Å². The standard InChI is InChI=1S/C17H34N4O2.HI/c1-5-18-16(19-13-15(22)21(3)4)20-14-17(9-7-8-10-17)11-12-23-6-2;/h5-14H2,1-4H3,(H2,18,19,20);1H. The van der Waals surface area contributed by atoms with Crippen molar-refractivity contribution in [2.75, 3.05) is 46.9 Å². The Morgan fingerprint density at radius 3 is 2.42 bits per heavy atom. The Morgan fingerprint density at radius 1 is 1.21 bits per heavy atom. The van der Waals surface area contributed by atoms with Crippen molar-refractivity contribution in [3.63, 3.8) is 0 Å². The molecule has 0 aromatic rings. The molecule has 2 N–H and O–H groups in total. The van der Waals surface area contributed by atoms with Crippen LogP contribution in [0.25, 0.3) is 0 Å². The number of hydrogen-bond donors (Lipinski definition) is 2. The van der Waals surface area contributed by atoms with Gasteiger partial charge in [-0.2, -0.15) is 0 Å². The van der Waals surface area contributed by atoms with Crippen LogP contribution in [0.1, 0.15) is 46.0 Å². The van der Waals surface area contributed by atoms with E-state index in [4.69, 9.17) is 4.74 Å². The molecule has 0 aromatic carbocycles. The number of aliphatic imine (C=N–C) groups is 1. The maximum Gasteiger partial charge on any atom is 0.243 e. The molecule has 0 aliphatic heterocycles. The fourth-order valence-electron chi connectivity index (χ4n) is 2.97. The lowest BCUT2D eigenvalue weighted by atomic mass is 9.83. The van der Waals surface area contributed by atoms with Crippen LogP contribution < -0.4 is 10.6 Å². The molecular weight excluding hydrogens is 419 g/mol. The van der Waals surface area contributed by atoms with Crippen molar-refractivity contribution in [1.82, 2.24) is 15.5 Å². The highest BCUT2D eigenvalue weighted by atomic mass is 127. The molecule has 0 radical (unpaired) electrons. The van der Waals surface area contributed by atoms with Crippen molar-refractivity contribution in [2.45, 2.75) is 46.0 Å². The highest BCUT2D eigenvalue weighted by Crippen LogP contribution is 2.40. The van der Waals surface area contributed by atoms with Gasteiger partial charge in [-0.3, -0.25) is 4.79 Å². The van der Waals surface area contributed by atoms with E-state index in [9.17, 15) is 4.79 Å². The summed E-state index contributed by atoms with van der Waals surface area (Å²) >= 11 is 0. The minimum atomic E-state index is 0. The summed E-state index contributed by atoms with van der Waals surface area (Å²) in [5.41, 5.74) is 0.302. The van der Waals surface area contributed by atoms with Crippen molar-refractivity contribution in [3.8, 4) is 0 Å². The van der Waals surface area contributed by atoms with Crippen LogP contribution in [0.15, 0.2) is 4.99 Å². The van der Waals surface area contributed by atoms with Gasteiger partial charge in [0, 0.05) is 40.4 Å². The number of guanidine groups is 1. The van der Waals surface area contributed by atoms with Crippen LogP contribution in [0.3, 0.4) is 0 Å². The molecule has 0 spiro atoms. The fraction of sp³-hybridized carbons (Fsp3) is 0.882. The number of rotatable bonds is 9. The van der Waals surface area contributed by atoms with E-state index in [0.29, 0.717) is 5.41 Å². The van der Waals surface area contributed by atoms with Crippen LogP contribution in [0.2, 0.25) is 0 Å². The maximum atomic E-state index is 11.7. The number of nitrogens with one attached hydrogen (secondary N) is 2. The second-order valence-electron chi connectivity index (χ2n) is 6.49. The average Bonchev–Trinajstić information content (AvgIpc) is 2.99. The fourth-order valence-corrected chi connectivity index (χ4v) is 2.97. The SMILES string of the molecule is CCNC(=NCC(=O)N(C)C)NCC1(CCOCC)CCCC1.I. The van der Waals surface area contributed by atoms with E-state index in [1.807, 2.05) is 13.8 Å². The molecule has 1 rings (SSSR count). The lowest BCUT2D eigenvalue weighted by Crippen LogP contribution is -2.44. The van der Waals surface area contributed by atoms with Crippen molar-refractivity contribution >= 4 is 35.8 Å². The highest BCUT2D eigenvalue weighted by molar-refractivity contribution is 14.0. The van der Waals surface area contributed by atoms with Gasteiger partial charge in [0.05, 0.1) is 0 Å². The minimum absolute atomic E-state index is 0. The Balaban J connectivity index is 0.00000529. The van der Waals surface area contributed by atoms with Crippen LogP contribution in [-0.4, -0.2) is 63.7 Å². The second-order valence-corrected chi connectivity index (χ2v) is 6.49. The Bertz CT molecular complexity index is 383. The van der Waals surface area contributed by atoms with E-state index < -0.39 is 0 Å². The van der Waals surface area contributed by atoms with Crippen molar-refractivity contribution in [2.24, 2.45) is 10.4 Å². The highest BCUT2D eigenvalue weighted by Gasteiger charge is 2.33. The zero-order valence-electron chi connectivity index (χ0n) is 15.7. The van der Waals surface area contributed by atoms with Gasteiger partial charge in [-0.25, -0.2) is 4.99 Å². The van der Waals surface area contributed by atoms with Crippen molar-refractivity contribution in [3.05, 3.63) is 0 Å². The smallest absolute Gasteiger partial charge is 0.243 e. The lowest BCUT2D eigenvalue weighted by Gasteiger charge is -2.30. The average molecular weight is 454 g/mol. The molecule has 0 unspecified atom stereocenters. The predicted octanol–water partition coefficient (Wildman–Crippen LogP) is 2.23. The molecular formula is C17H35IN4O2. The summed E-state index contributed by atoms with van der Waals surface area (Å²) in [6.07, 6.45) is 6.15. The van der Waals surface area contributed by atoms with Crippen LogP contribution in [0, 0.1) is 5.41 Å². The third kappa shape index (κ3) is 8.50. The molecule has 7 heteroatoms. The zero-order chi connectivity index (χ0) is 17.1. The van der Waals surface area contributed by atoms with E-state index in [0.717, 1.165) is 38.7 Å². The van der Waals surface area contributed by atoms with Gasteiger partial charge in [0.2, 0.25) is 5.91 Å². The van der Waals surface area contributed by atoms with Gasteiger partial charge < -0.3 is 20.3 Å². The Morgan fingerprint density at radius 2 is 1.88 bits per heavy atom. The minimum Gasteiger partial charge on any atom is -0.382 e. The van der Waals surface area contributed by atoms with Crippen LogP contribution in [0.5, 0.6) is 0 Å². The van der Waals surface area contributed by atoms with Crippen LogP contribution in [0.4, 0.5) is 0 Å². The van der Waals surface area contributed by atoms with Crippen molar-refractivity contribution < 1.29 is 9.53 Å². The van der Waals surface area contributed by atoms with E-state index in [-0.39, 0.29) is 36.4 Å². The number of hydrogen-bond acceptors (Lipinski definition) is 3. The summed E-state index contributed by atoms with van der Waals surface area (Å²) in [7, 11) is 3.50. The summed E-state index contributed by atoms with van der Waals surface area (Å²) < 4.78 is 5.56. The molecule has 6 nitrogen and oxygen atoms in total. The Labute approximate surface area is 164 Å². The molecule has 1 fully saturated rings. The number of ether oxygens (including phenoxy) is 1. The van der Waals surface area contributed by atoms with E-state index in [2.05, 4.69) is 15.6 Å². The Hall–Kier alpha value is -0.570. The molecule has 0 aromatic heterocycles. The van der Waals surface area contributed by atoms with E-state index >= 15 is 0 Å². The van der Waals surface area contributed by atoms with Gasteiger partial charge in [0.15, 0.2) is 5.96 Å². The first-order valence-electron chi connectivity index (χ1n) is 8.83. The van der Waals surface area contributed by atoms with Gasteiger partial charge in [-0.15, -0.1) is 24.0 Å². The van der Waals surface area contributed by atoms with Crippen LogP contribution >= 0.6 is 24.0 Å². The van der Waals surface area contributed by atoms with Gasteiger partial charge in [-0.05, 0) is 38.5 Å². The molecule has 0 bridgehead atoms. The van der Waals surface area contributed by atoms with Gasteiger partial charge >= 0.3 is 0 Å². The molecule has 1 amide bonds. The summed E-state index contributed by atoms with van der Waals surface area (Å²) in [5, 5.41) is 6.66. The third-order valence-electron chi connectivity index (χ3n) is 4.49. The largest absolute Gasteiger partial charge is 0.382 e. The van der Waals surface area contributed by atoms with Gasteiger partial charge in [0.1, 0.15) is 6.54 Å². The zero-order valence-corrected chi connectivity index (χ0v) is 18.0. The number of nitrogens with zero attached hydrogens (tertiary/aromatic N) is 2. The lowest BCUT2D eigenvalue weighted by molar-refractivity contribution is -0.127. The van der Waals surface area contributed by atoms with E-state index in [1.54, 1.807) is 19.0 Å². The molecule has 142 valence electrons. The number of amides is 1. The van der Waals surface area contributed by atoms with Gasteiger partial charge in [0.25, 0.3) is 0 Å². The molecule has 0 atom stereocenters. The first-order chi connectivity index (χ1) is 11.0. The first kappa shape index (κ1) is 23.4. The summed E-state index contributed by atoms with van der Waals surface area (Å²) in [6, 6.07) is 0. The summed E-state index contributed by atoms with van der Waals surface area (Å²) in [6.45, 7) is 7.53. The van der Waals surface area contributed by atoms with E-state index in [1.165, 1.54) is 25.7 Å². The van der Waals surface area contributed by atoms with Gasteiger partial charge in [-0.1, -0.05) is 12.8 Å².